The van der Waals surface area contributed by atoms with E-state index >= 15 is 0 Å². The van der Waals surface area contributed by atoms with E-state index < -0.39 is 0 Å². The van der Waals surface area contributed by atoms with E-state index in [1.54, 1.807) is 0 Å². The van der Waals surface area contributed by atoms with Crippen molar-refractivity contribution in [1.29, 1.82) is 0 Å². The van der Waals surface area contributed by atoms with Gasteiger partial charge in [-0.3, -0.25) is 4.40 Å². The van der Waals surface area contributed by atoms with Crippen LogP contribution in [0.15, 0.2) is 122 Å². The molecule has 5 heteroatoms. The molecule has 4 nitrogen and oxygen atoms in total. The Hall–Kier alpha value is -4.01. The number of rotatable bonds is 2. The van der Waals surface area contributed by atoms with Crippen LogP contribution in [0.4, 0.5) is 0 Å². The van der Waals surface area contributed by atoms with Crippen molar-refractivity contribution in [3.8, 4) is 16.9 Å². The van der Waals surface area contributed by atoms with Crippen molar-refractivity contribution >= 4 is 27.6 Å². The monoisotopic (exact) mass is 631 g/mol. The summed E-state index contributed by atoms with van der Waals surface area (Å²) < 4.78 is 4.21. The van der Waals surface area contributed by atoms with Gasteiger partial charge in [0.2, 0.25) is 5.78 Å². The molecule has 0 bridgehead atoms. The first kappa shape index (κ1) is 22.8. The molecule has 4 aromatic carbocycles. The SMILES string of the molecule is [Pt+2].[c-]1ccccc1-c1nccc2ccccc12.[c-]1ccccc1-n1c2ccccc2n2ccnc12. The number of pyridine rings is 1. The van der Waals surface area contributed by atoms with E-state index in [9.17, 15) is 0 Å². The maximum atomic E-state index is 4.45. The molecule has 0 aliphatic rings. The van der Waals surface area contributed by atoms with Crippen LogP contribution in [0, 0.1) is 12.1 Å². The van der Waals surface area contributed by atoms with Gasteiger partial charge in [0, 0.05) is 18.6 Å². The molecule has 3 heterocycles. The van der Waals surface area contributed by atoms with Crippen molar-refractivity contribution in [2.75, 3.05) is 0 Å². The average molecular weight is 632 g/mol. The van der Waals surface area contributed by atoms with Gasteiger partial charge in [-0.2, -0.15) is 24.3 Å². The second kappa shape index (κ2) is 10.1. The fourth-order valence-electron chi connectivity index (χ4n) is 4.25. The quantitative estimate of drug-likeness (QED) is 0.197. The molecular formula is C30H20N4Pt. The Morgan fingerprint density at radius 3 is 2.17 bits per heavy atom. The molecule has 7 aromatic rings. The van der Waals surface area contributed by atoms with Gasteiger partial charge in [0.25, 0.3) is 0 Å². The third kappa shape index (κ3) is 4.29. The van der Waals surface area contributed by atoms with E-state index in [0.717, 1.165) is 33.8 Å². The van der Waals surface area contributed by atoms with Gasteiger partial charge in [-0.25, -0.2) is 4.98 Å². The van der Waals surface area contributed by atoms with Crippen molar-refractivity contribution in [3.05, 3.63) is 134 Å². The van der Waals surface area contributed by atoms with Gasteiger partial charge in [0.15, 0.2) is 0 Å². The molecule has 0 atom stereocenters. The Kier molecular flexibility index (Phi) is 6.56. The van der Waals surface area contributed by atoms with E-state index in [0.29, 0.717) is 0 Å². The number of imidazole rings is 2. The first-order valence-corrected chi connectivity index (χ1v) is 11.1. The predicted molar refractivity (Wildman–Crippen MR) is 137 cm³/mol. The van der Waals surface area contributed by atoms with Gasteiger partial charge in [0.05, 0.1) is 11.0 Å². The topological polar surface area (TPSA) is 35.1 Å². The zero-order valence-corrected chi connectivity index (χ0v) is 20.9. The maximum Gasteiger partial charge on any atom is 2.00 e. The molecule has 35 heavy (non-hydrogen) atoms. The molecule has 0 fully saturated rings. The van der Waals surface area contributed by atoms with E-state index in [1.807, 2.05) is 97.5 Å². The second-order valence-electron chi connectivity index (χ2n) is 7.83. The molecule has 0 aliphatic heterocycles. The minimum Gasteiger partial charge on any atom is -0.304 e. The normalized spacial score (nSPS) is 10.6. The fraction of sp³-hybridized carbons (Fsp3) is 0. The third-order valence-electron chi connectivity index (χ3n) is 5.77. The smallest absolute Gasteiger partial charge is 0.304 e. The molecule has 0 N–H and O–H groups in total. The second-order valence-corrected chi connectivity index (χ2v) is 7.83. The van der Waals surface area contributed by atoms with Crippen LogP contribution in [-0.4, -0.2) is 18.9 Å². The minimum atomic E-state index is 0. The molecule has 3 aromatic heterocycles. The van der Waals surface area contributed by atoms with Crippen molar-refractivity contribution in [2.24, 2.45) is 0 Å². The van der Waals surface area contributed by atoms with Gasteiger partial charge < -0.3 is 9.55 Å². The number of nitrogens with zero attached hydrogens (tertiary/aromatic N) is 4. The summed E-state index contributed by atoms with van der Waals surface area (Å²) in [7, 11) is 0. The molecule has 0 radical (unpaired) electrons. The number of hydrogen-bond acceptors (Lipinski definition) is 2. The van der Waals surface area contributed by atoms with Gasteiger partial charge in [-0.05, 0) is 34.7 Å². The van der Waals surface area contributed by atoms with Gasteiger partial charge in [-0.15, -0.1) is 42.0 Å². The Balaban J connectivity index is 0.000000142. The summed E-state index contributed by atoms with van der Waals surface area (Å²) in [5.41, 5.74) is 5.35. The van der Waals surface area contributed by atoms with Crippen LogP contribution in [0.2, 0.25) is 0 Å². The molecule has 170 valence electrons. The molecule has 0 saturated heterocycles. The van der Waals surface area contributed by atoms with Crippen LogP contribution in [0.3, 0.4) is 0 Å². The third-order valence-corrected chi connectivity index (χ3v) is 5.77. The van der Waals surface area contributed by atoms with Crippen LogP contribution in [-0.2, 0) is 21.1 Å². The largest absolute Gasteiger partial charge is 2.00 e. The Bertz CT molecular complexity index is 1700. The Morgan fingerprint density at radius 1 is 0.629 bits per heavy atom. The summed E-state index contributed by atoms with van der Waals surface area (Å²) >= 11 is 0. The first-order chi connectivity index (χ1) is 16.9. The van der Waals surface area contributed by atoms with Crippen LogP contribution < -0.4 is 0 Å². The summed E-state index contributed by atoms with van der Waals surface area (Å²) in [5, 5.41) is 2.39. The maximum absolute atomic E-state index is 4.45. The van der Waals surface area contributed by atoms with Crippen molar-refractivity contribution < 1.29 is 21.1 Å². The summed E-state index contributed by atoms with van der Waals surface area (Å²) in [4.78, 5) is 8.88. The average Bonchev–Trinajstić information content (AvgIpc) is 3.51. The molecule has 0 aliphatic carbocycles. The minimum absolute atomic E-state index is 0. The Morgan fingerprint density at radius 2 is 1.37 bits per heavy atom. The first-order valence-electron chi connectivity index (χ1n) is 11.1. The summed E-state index contributed by atoms with van der Waals surface area (Å²) in [6.07, 6.45) is 5.65. The summed E-state index contributed by atoms with van der Waals surface area (Å²) in [5.74, 6) is 0.915. The van der Waals surface area contributed by atoms with Gasteiger partial charge >= 0.3 is 21.1 Å². The number of para-hydroxylation sites is 3. The van der Waals surface area contributed by atoms with E-state index in [1.165, 1.54) is 10.8 Å². The van der Waals surface area contributed by atoms with E-state index in [4.69, 9.17) is 0 Å². The molecule has 0 saturated carbocycles. The van der Waals surface area contributed by atoms with E-state index in [-0.39, 0.29) is 21.1 Å². The van der Waals surface area contributed by atoms with Crippen molar-refractivity contribution in [3.63, 3.8) is 0 Å². The van der Waals surface area contributed by atoms with Gasteiger partial charge in [0.1, 0.15) is 0 Å². The van der Waals surface area contributed by atoms with Crippen molar-refractivity contribution in [1.82, 2.24) is 18.9 Å². The van der Waals surface area contributed by atoms with Crippen LogP contribution in [0.25, 0.3) is 44.5 Å². The standard InChI is InChI=1S/C15H10N3.C15H10N.Pt/c1-2-6-12(7-3-1)18-14-9-5-4-8-13(14)17-11-10-16-15(17)18;1-2-7-13(8-3-1)15-14-9-5-4-6-12(14)10-11-16-15;/h1-6,8-11H;1-7,9-11H;/q2*-1;+2. The number of benzene rings is 4. The van der Waals surface area contributed by atoms with E-state index in [2.05, 4.69) is 55.3 Å². The van der Waals surface area contributed by atoms with Crippen LogP contribution in [0.1, 0.15) is 0 Å². The number of fused-ring (bicyclic) bond motifs is 4. The summed E-state index contributed by atoms with van der Waals surface area (Å²) in [6.45, 7) is 0. The predicted octanol–water partition coefficient (Wildman–Crippen LogP) is 6.78. The van der Waals surface area contributed by atoms with Gasteiger partial charge in [-0.1, -0.05) is 42.1 Å². The van der Waals surface area contributed by atoms with Crippen LogP contribution >= 0.6 is 0 Å². The molecule has 0 spiro atoms. The number of aromatic nitrogens is 4. The van der Waals surface area contributed by atoms with Crippen molar-refractivity contribution in [2.45, 2.75) is 0 Å². The van der Waals surface area contributed by atoms with Crippen LogP contribution in [0.5, 0.6) is 0 Å². The Labute approximate surface area is 217 Å². The molecular weight excluding hydrogens is 611 g/mol. The zero-order chi connectivity index (χ0) is 22.7. The fourth-order valence-corrected chi connectivity index (χ4v) is 4.25. The zero-order valence-electron chi connectivity index (χ0n) is 18.7. The number of hydrogen-bond donors (Lipinski definition) is 0. The molecule has 7 rings (SSSR count). The molecule has 0 amide bonds. The summed E-state index contributed by atoms with van der Waals surface area (Å²) in [6, 6.07) is 40.9. The molecule has 0 unspecified atom stereocenters.